The van der Waals surface area contributed by atoms with Crippen LogP contribution in [-0.2, 0) is 16.0 Å². The number of amides is 2. The fourth-order valence-electron chi connectivity index (χ4n) is 4.05. The first-order valence-corrected chi connectivity index (χ1v) is 11.9. The summed E-state index contributed by atoms with van der Waals surface area (Å²) in [5, 5.41) is 3.20. The van der Waals surface area contributed by atoms with Gasteiger partial charge in [-0.1, -0.05) is 77.7 Å². The molecule has 0 spiro atoms. The first kappa shape index (κ1) is 22.8. The van der Waals surface area contributed by atoms with Crippen LogP contribution >= 0.6 is 27.5 Å². The second-order valence-electron chi connectivity index (χ2n) is 7.76. The number of alkyl halides is 1. The van der Waals surface area contributed by atoms with E-state index in [4.69, 9.17) is 11.6 Å². The van der Waals surface area contributed by atoms with Crippen LogP contribution in [0.25, 0.3) is 0 Å². The van der Waals surface area contributed by atoms with Crippen LogP contribution in [0.4, 0.5) is 0 Å². The van der Waals surface area contributed by atoms with E-state index in [1.165, 1.54) is 6.42 Å². The average Bonchev–Trinajstić information content (AvgIpc) is 2.77. The fourth-order valence-corrected chi connectivity index (χ4v) is 4.62. The van der Waals surface area contributed by atoms with Crippen molar-refractivity contribution in [1.82, 2.24) is 10.2 Å². The van der Waals surface area contributed by atoms with Crippen molar-refractivity contribution in [3.8, 4) is 0 Å². The number of nitrogens with zero attached hydrogens (tertiary/aromatic N) is 1. The maximum atomic E-state index is 13.4. The highest BCUT2D eigenvalue weighted by atomic mass is 79.9. The Labute approximate surface area is 192 Å². The molecule has 1 saturated carbocycles. The molecule has 2 amide bonds. The van der Waals surface area contributed by atoms with Crippen LogP contribution in [0.15, 0.2) is 59.1 Å². The van der Waals surface area contributed by atoms with Crippen molar-refractivity contribution in [2.75, 3.05) is 12.4 Å². The van der Waals surface area contributed by atoms with Crippen molar-refractivity contribution in [2.45, 2.75) is 50.6 Å². The summed E-state index contributed by atoms with van der Waals surface area (Å²) in [6.45, 7) is 0.421. The van der Waals surface area contributed by atoms with E-state index in [1.807, 2.05) is 54.6 Å². The summed E-state index contributed by atoms with van der Waals surface area (Å²) in [7, 11) is 0. The number of hydrogen-bond donors (Lipinski definition) is 1. The van der Waals surface area contributed by atoms with Gasteiger partial charge in [0.05, 0.1) is 0 Å². The Morgan fingerprint density at radius 2 is 1.80 bits per heavy atom. The molecule has 0 saturated heterocycles. The van der Waals surface area contributed by atoms with Gasteiger partial charge in [-0.15, -0.1) is 11.6 Å². The number of rotatable bonds is 8. The Kier molecular flexibility index (Phi) is 8.76. The minimum absolute atomic E-state index is 0.133. The van der Waals surface area contributed by atoms with Gasteiger partial charge in [-0.2, -0.15) is 0 Å². The summed E-state index contributed by atoms with van der Waals surface area (Å²) < 4.78 is 0.872. The molecule has 0 heterocycles. The molecule has 6 heteroatoms. The molecule has 160 valence electrons. The normalized spacial score (nSPS) is 15.4. The Balaban J connectivity index is 1.87. The molecule has 30 heavy (non-hydrogen) atoms. The average molecular weight is 492 g/mol. The minimum atomic E-state index is -0.709. The van der Waals surface area contributed by atoms with Gasteiger partial charge in [0.25, 0.3) is 0 Å². The van der Waals surface area contributed by atoms with Crippen molar-refractivity contribution in [1.29, 1.82) is 0 Å². The van der Waals surface area contributed by atoms with Gasteiger partial charge in [0.1, 0.15) is 11.9 Å². The summed E-state index contributed by atoms with van der Waals surface area (Å²) in [6, 6.07) is 17.0. The van der Waals surface area contributed by atoms with E-state index in [9.17, 15) is 9.59 Å². The van der Waals surface area contributed by atoms with Crippen molar-refractivity contribution in [3.05, 3.63) is 70.2 Å². The molecule has 1 aliphatic carbocycles. The molecule has 0 radical (unpaired) electrons. The van der Waals surface area contributed by atoms with E-state index in [1.54, 1.807) is 4.90 Å². The molecule has 0 aromatic heterocycles. The fraction of sp³-hybridized carbons (Fsp3) is 0.417. The Morgan fingerprint density at radius 1 is 1.07 bits per heavy atom. The van der Waals surface area contributed by atoms with Crippen LogP contribution in [0.1, 0.15) is 49.3 Å². The number of benzene rings is 2. The molecule has 0 aliphatic heterocycles. The maximum Gasteiger partial charge on any atom is 0.247 e. The van der Waals surface area contributed by atoms with E-state index < -0.39 is 6.04 Å². The lowest BCUT2D eigenvalue weighted by molar-refractivity contribution is -0.139. The second-order valence-corrected chi connectivity index (χ2v) is 8.94. The summed E-state index contributed by atoms with van der Waals surface area (Å²) in [5.41, 5.74) is 1.90. The van der Waals surface area contributed by atoms with Crippen LogP contribution in [0.5, 0.6) is 0 Å². The monoisotopic (exact) mass is 490 g/mol. The lowest BCUT2D eigenvalue weighted by atomic mass is 9.94. The number of halogens is 2. The molecule has 3 rings (SSSR count). The summed E-state index contributed by atoms with van der Waals surface area (Å²) >= 11 is 9.45. The van der Waals surface area contributed by atoms with E-state index >= 15 is 0 Å². The number of carbonyl (C=O) groups excluding carboxylic acids is 2. The van der Waals surface area contributed by atoms with Gasteiger partial charge in [-0.25, -0.2) is 0 Å². The molecule has 1 unspecified atom stereocenters. The van der Waals surface area contributed by atoms with E-state index in [0.29, 0.717) is 13.0 Å². The zero-order valence-electron chi connectivity index (χ0n) is 17.0. The van der Waals surface area contributed by atoms with Gasteiger partial charge in [0.15, 0.2) is 0 Å². The first-order valence-electron chi connectivity index (χ1n) is 10.5. The third-order valence-corrected chi connectivity index (χ3v) is 6.32. The molecular weight excluding hydrogens is 464 g/mol. The summed E-state index contributed by atoms with van der Waals surface area (Å²) in [6.07, 6.45) is 6.12. The number of hydrogen-bond acceptors (Lipinski definition) is 2. The SMILES string of the molecule is O=C(NC1CCCCC1)C(c1cccc(Br)c1)N(CCc1ccccc1)C(=O)CCl. The predicted octanol–water partition coefficient (Wildman–Crippen LogP) is 5.25. The summed E-state index contributed by atoms with van der Waals surface area (Å²) in [5.74, 6) is -0.529. The van der Waals surface area contributed by atoms with Gasteiger partial charge < -0.3 is 10.2 Å². The van der Waals surface area contributed by atoms with Crippen LogP contribution in [0, 0.1) is 0 Å². The molecule has 1 N–H and O–H groups in total. The van der Waals surface area contributed by atoms with E-state index in [2.05, 4.69) is 21.2 Å². The topological polar surface area (TPSA) is 49.4 Å². The summed E-state index contributed by atoms with van der Waals surface area (Å²) in [4.78, 5) is 27.9. The predicted molar refractivity (Wildman–Crippen MR) is 124 cm³/mol. The lowest BCUT2D eigenvalue weighted by Gasteiger charge is -2.33. The number of nitrogens with one attached hydrogen (secondary N) is 1. The highest BCUT2D eigenvalue weighted by molar-refractivity contribution is 9.10. The van der Waals surface area contributed by atoms with Gasteiger partial charge in [-0.05, 0) is 42.5 Å². The van der Waals surface area contributed by atoms with Gasteiger partial charge in [-0.3, -0.25) is 9.59 Å². The molecule has 4 nitrogen and oxygen atoms in total. The molecule has 0 bridgehead atoms. The largest absolute Gasteiger partial charge is 0.351 e. The highest BCUT2D eigenvalue weighted by Crippen LogP contribution is 2.26. The van der Waals surface area contributed by atoms with E-state index in [0.717, 1.165) is 41.3 Å². The van der Waals surface area contributed by atoms with Crippen LogP contribution in [0.2, 0.25) is 0 Å². The zero-order valence-corrected chi connectivity index (χ0v) is 19.4. The van der Waals surface area contributed by atoms with E-state index in [-0.39, 0.29) is 23.7 Å². The third-order valence-electron chi connectivity index (χ3n) is 5.59. The van der Waals surface area contributed by atoms with Crippen LogP contribution < -0.4 is 5.32 Å². The molecule has 2 aromatic rings. The van der Waals surface area contributed by atoms with Crippen molar-refractivity contribution >= 4 is 39.3 Å². The van der Waals surface area contributed by atoms with Gasteiger partial charge in [0, 0.05) is 17.1 Å². The van der Waals surface area contributed by atoms with Gasteiger partial charge >= 0.3 is 0 Å². The molecule has 2 aromatic carbocycles. The Bertz CT molecular complexity index is 840. The van der Waals surface area contributed by atoms with Crippen molar-refractivity contribution in [2.24, 2.45) is 0 Å². The Morgan fingerprint density at radius 3 is 2.47 bits per heavy atom. The van der Waals surface area contributed by atoms with Crippen molar-refractivity contribution < 1.29 is 9.59 Å². The smallest absolute Gasteiger partial charge is 0.247 e. The Hall–Kier alpha value is -1.85. The molecular formula is C24H28BrClN2O2. The van der Waals surface area contributed by atoms with Gasteiger partial charge in [0.2, 0.25) is 11.8 Å². The lowest BCUT2D eigenvalue weighted by Crippen LogP contribution is -2.48. The zero-order chi connectivity index (χ0) is 21.3. The van der Waals surface area contributed by atoms with Crippen LogP contribution in [-0.4, -0.2) is 35.2 Å². The molecule has 1 fully saturated rings. The second kappa shape index (κ2) is 11.5. The quantitative estimate of drug-likeness (QED) is 0.513. The highest BCUT2D eigenvalue weighted by Gasteiger charge is 2.32. The van der Waals surface area contributed by atoms with Crippen LogP contribution in [0.3, 0.4) is 0 Å². The van der Waals surface area contributed by atoms with Crippen molar-refractivity contribution in [3.63, 3.8) is 0 Å². The number of carbonyl (C=O) groups is 2. The molecule has 1 aliphatic rings. The third kappa shape index (κ3) is 6.32. The maximum absolute atomic E-state index is 13.4. The molecule has 1 atom stereocenters. The minimum Gasteiger partial charge on any atom is -0.351 e. The standard InChI is InChI=1S/C24H28BrClN2O2/c25-20-11-7-10-19(16-20)23(24(30)27-21-12-5-2-6-13-21)28(22(29)17-26)15-14-18-8-3-1-4-9-18/h1,3-4,7-11,16,21,23H,2,5-6,12-15,17H2,(H,27,30). The first-order chi connectivity index (χ1) is 14.6.